The SMILES string of the molecule is C=C(C)C(=O)N1CCCN1C(=O)c1cc(C)on1. The number of aryl methyl sites for hydroxylation is 1. The predicted molar refractivity (Wildman–Crippen MR) is 63.4 cm³/mol. The molecule has 6 nitrogen and oxygen atoms in total. The highest BCUT2D eigenvalue weighted by molar-refractivity contribution is 5.97. The number of rotatable bonds is 2. The molecule has 0 aromatic carbocycles. The molecule has 2 heterocycles. The molecule has 0 spiro atoms. The Morgan fingerprint density at radius 1 is 1.39 bits per heavy atom. The second-order valence-electron chi connectivity index (χ2n) is 4.31. The molecule has 0 atom stereocenters. The summed E-state index contributed by atoms with van der Waals surface area (Å²) in [5.41, 5.74) is 0.625. The van der Waals surface area contributed by atoms with E-state index < -0.39 is 0 Å². The zero-order valence-electron chi connectivity index (χ0n) is 10.5. The molecule has 1 aromatic heterocycles. The van der Waals surface area contributed by atoms with E-state index in [0.717, 1.165) is 6.42 Å². The Morgan fingerprint density at radius 2 is 2.06 bits per heavy atom. The lowest BCUT2D eigenvalue weighted by Gasteiger charge is -2.27. The molecule has 1 aliphatic rings. The molecule has 2 rings (SSSR count). The van der Waals surface area contributed by atoms with Gasteiger partial charge in [-0.25, -0.2) is 10.0 Å². The Hall–Kier alpha value is -2.11. The van der Waals surface area contributed by atoms with Gasteiger partial charge in [0.25, 0.3) is 11.8 Å². The molecule has 1 fully saturated rings. The van der Waals surface area contributed by atoms with E-state index in [9.17, 15) is 9.59 Å². The molecule has 0 radical (unpaired) electrons. The number of carbonyl (C=O) groups excluding carboxylic acids is 2. The van der Waals surface area contributed by atoms with Crippen LogP contribution in [0.15, 0.2) is 22.7 Å². The van der Waals surface area contributed by atoms with Crippen molar-refractivity contribution in [3.63, 3.8) is 0 Å². The van der Waals surface area contributed by atoms with Crippen LogP contribution >= 0.6 is 0 Å². The van der Waals surface area contributed by atoms with Gasteiger partial charge in [0.2, 0.25) is 0 Å². The molecule has 18 heavy (non-hydrogen) atoms. The molecule has 0 bridgehead atoms. The lowest BCUT2D eigenvalue weighted by atomic mass is 10.3. The van der Waals surface area contributed by atoms with Gasteiger partial charge in [0.1, 0.15) is 5.76 Å². The standard InChI is InChI=1S/C12H15N3O3/c1-8(2)11(16)14-5-4-6-15(14)12(17)10-7-9(3)18-13-10/h7H,1,4-6H2,2-3H3. The molecule has 0 N–H and O–H groups in total. The van der Waals surface area contributed by atoms with E-state index >= 15 is 0 Å². The van der Waals surface area contributed by atoms with Gasteiger partial charge in [-0.1, -0.05) is 11.7 Å². The average molecular weight is 249 g/mol. The van der Waals surface area contributed by atoms with Crippen LogP contribution in [0.25, 0.3) is 0 Å². The number of hydrogen-bond acceptors (Lipinski definition) is 4. The van der Waals surface area contributed by atoms with Crippen LogP contribution < -0.4 is 0 Å². The Labute approximate surface area is 105 Å². The molecule has 0 saturated carbocycles. The van der Waals surface area contributed by atoms with Crippen molar-refractivity contribution >= 4 is 11.8 Å². The van der Waals surface area contributed by atoms with Crippen molar-refractivity contribution < 1.29 is 14.1 Å². The third kappa shape index (κ3) is 2.13. The van der Waals surface area contributed by atoms with Gasteiger partial charge in [-0.3, -0.25) is 9.59 Å². The third-order valence-corrected chi connectivity index (χ3v) is 2.71. The van der Waals surface area contributed by atoms with E-state index in [4.69, 9.17) is 4.52 Å². The van der Waals surface area contributed by atoms with E-state index in [2.05, 4.69) is 11.7 Å². The monoisotopic (exact) mass is 249 g/mol. The van der Waals surface area contributed by atoms with E-state index in [0.29, 0.717) is 24.4 Å². The van der Waals surface area contributed by atoms with E-state index in [1.165, 1.54) is 10.0 Å². The second-order valence-corrected chi connectivity index (χ2v) is 4.31. The number of aromatic nitrogens is 1. The molecule has 1 aromatic rings. The summed E-state index contributed by atoms with van der Waals surface area (Å²) in [6.07, 6.45) is 0.752. The molecule has 0 unspecified atom stereocenters. The van der Waals surface area contributed by atoms with Crippen molar-refractivity contribution in [1.82, 2.24) is 15.2 Å². The van der Waals surface area contributed by atoms with Gasteiger partial charge in [0.05, 0.1) is 0 Å². The molecule has 2 amide bonds. The van der Waals surface area contributed by atoms with Crippen LogP contribution in [-0.2, 0) is 4.79 Å². The Morgan fingerprint density at radius 3 is 2.61 bits per heavy atom. The minimum Gasteiger partial charge on any atom is -0.361 e. The van der Waals surface area contributed by atoms with Crippen molar-refractivity contribution in [2.24, 2.45) is 0 Å². The predicted octanol–water partition coefficient (Wildman–Crippen LogP) is 1.15. The minimum atomic E-state index is -0.320. The van der Waals surface area contributed by atoms with Crippen molar-refractivity contribution in [2.45, 2.75) is 20.3 Å². The molecule has 1 saturated heterocycles. The first-order valence-corrected chi connectivity index (χ1v) is 5.73. The molecular weight excluding hydrogens is 234 g/mol. The lowest BCUT2D eigenvalue weighted by molar-refractivity contribution is -0.136. The zero-order chi connectivity index (χ0) is 13.3. The average Bonchev–Trinajstić information content (AvgIpc) is 2.95. The Bertz CT molecular complexity index is 506. The smallest absolute Gasteiger partial charge is 0.294 e. The van der Waals surface area contributed by atoms with Gasteiger partial charge in [-0.05, 0) is 20.3 Å². The first-order chi connectivity index (χ1) is 8.50. The maximum absolute atomic E-state index is 12.2. The van der Waals surface area contributed by atoms with Crippen LogP contribution in [0.1, 0.15) is 29.6 Å². The fraction of sp³-hybridized carbons (Fsp3) is 0.417. The summed E-state index contributed by atoms with van der Waals surface area (Å²) in [5.74, 6) is 0.00958. The van der Waals surface area contributed by atoms with Crippen molar-refractivity contribution in [2.75, 3.05) is 13.1 Å². The maximum Gasteiger partial charge on any atom is 0.294 e. The van der Waals surface area contributed by atoms with Gasteiger partial charge in [0.15, 0.2) is 5.69 Å². The Kier molecular flexibility index (Phi) is 3.18. The summed E-state index contributed by atoms with van der Waals surface area (Å²) in [6.45, 7) is 7.97. The van der Waals surface area contributed by atoms with E-state index in [1.807, 2.05) is 0 Å². The van der Waals surface area contributed by atoms with Crippen molar-refractivity contribution in [3.8, 4) is 0 Å². The summed E-state index contributed by atoms with van der Waals surface area (Å²) in [4.78, 5) is 24.1. The molecule has 96 valence electrons. The minimum absolute atomic E-state index is 0.217. The quantitative estimate of drug-likeness (QED) is 0.737. The van der Waals surface area contributed by atoms with Crippen LogP contribution in [0, 0.1) is 6.92 Å². The van der Waals surface area contributed by atoms with E-state index in [1.54, 1.807) is 19.9 Å². The van der Waals surface area contributed by atoms with Crippen LogP contribution in [0.2, 0.25) is 0 Å². The number of amides is 2. The highest BCUT2D eigenvalue weighted by atomic mass is 16.5. The van der Waals surface area contributed by atoms with Gasteiger partial charge < -0.3 is 4.52 Å². The topological polar surface area (TPSA) is 66.7 Å². The summed E-state index contributed by atoms with van der Waals surface area (Å²) >= 11 is 0. The fourth-order valence-corrected chi connectivity index (χ4v) is 1.85. The van der Waals surface area contributed by atoms with Crippen LogP contribution in [0.5, 0.6) is 0 Å². The van der Waals surface area contributed by atoms with Crippen molar-refractivity contribution in [1.29, 1.82) is 0 Å². The first-order valence-electron chi connectivity index (χ1n) is 5.73. The number of hydrogen-bond donors (Lipinski definition) is 0. The zero-order valence-corrected chi connectivity index (χ0v) is 10.5. The van der Waals surface area contributed by atoms with Crippen LogP contribution in [0.4, 0.5) is 0 Å². The summed E-state index contributed by atoms with van der Waals surface area (Å²) in [5, 5.41) is 6.48. The summed E-state index contributed by atoms with van der Waals surface area (Å²) in [7, 11) is 0. The summed E-state index contributed by atoms with van der Waals surface area (Å²) in [6, 6.07) is 1.56. The molecule has 1 aliphatic heterocycles. The first kappa shape index (κ1) is 12.3. The number of nitrogens with zero attached hydrogens (tertiary/aromatic N) is 3. The number of carbonyl (C=O) groups is 2. The van der Waals surface area contributed by atoms with Gasteiger partial charge in [0, 0.05) is 24.7 Å². The third-order valence-electron chi connectivity index (χ3n) is 2.71. The van der Waals surface area contributed by atoms with Crippen LogP contribution in [-0.4, -0.2) is 40.1 Å². The fourth-order valence-electron chi connectivity index (χ4n) is 1.85. The molecular formula is C12H15N3O3. The largest absolute Gasteiger partial charge is 0.361 e. The highest BCUT2D eigenvalue weighted by Gasteiger charge is 2.32. The molecule has 0 aliphatic carbocycles. The maximum atomic E-state index is 12.2. The highest BCUT2D eigenvalue weighted by Crippen LogP contribution is 2.17. The lowest BCUT2D eigenvalue weighted by Crippen LogP contribution is -2.45. The normalized spacial score (nSPS) is 15.0. The number of hydrazine groups is 1. The Balaban J connectivity index is 2.19. The van der Waals surface area contributed by atoms with Gasteiger partial charge in [-0.2, -0.15) is 0 Å². The molecule has 6 heteroatoms. The van der Waals surface area contributed by atoms with Gasteiger partial charge >= 0.3 is 0 Å². The summed E-state index contributed by atoms with van der Waals surface area (Å²) < 4.78 is 4.87. The second kappa shape index (κ2) is 4.64. The van der Waals surface area contributed by atoms with Crippen LogP contribution in [0.3, 0.4) is 0 Å². The van der Waals surface area contributed by atoms with Gasteiger partial charge in [-0.15, -0.1) is 0 Å². The van der Waals surface area contributed by atoms with Crippen molar-refractivity contribution in [3.05, 3.63) is 29.7 Å². The van der Waals surface area contributed by atoms with E-state index in [-0.39, 0.29) is 17.5 Å².